The summed E-state index contributed by atoms with van der Waals surface area (Å²) >= 11 is 4.64. The third-order valence-corrected chi connectivity index (χ3v) is 4.36. The largest absolute Gasteiger partial charge is 0.481 e. The molecule has 0 radical (unpaired) electrons. The molecule has 21 heavy (non-hydrogen) atoms. The highest BCUT2D eigenvalue weighted by atomic mass is 79.9. The highest BCUT2D eigenvalue weighted by molar-refractivity contribution is 9.10. The summed E-state index contributed by atoms with van der Waals surface area (Å²) in [5.74, 6) is -0.118. The van der Waals surface area contributed by atoms with Crippen LogP contribution in [0.5, 0.6) is 0 Å². The Bertz CT molecular complexity index is 670. The Hall–Kier alpha value is -1.34. The second-order valence-electron chi connectivity index (χ2n) is 4.91. The van der Waals surface area contributed by atoms with Crippen LogP contribution >= 0.6 is 27.7 Å². The topological polar surface area (TPSA) is 68.0 Å². The molecule has 0 saturated carbocycles. The van der Waals surface area contributed by atoms with Gasteiger partial charge in [-0.25, -0.2) is 0 Å². The lowest BCUT2D eigenvalue weighted by Crippen LogP contribution is -2.07. The van der Waals surface area contributed by atoms with E-state index in [2.05, 4.69) is 26.1 Å². The molecule has 7 heteroatoms. The predicted octanol–water partition coefficient (Wildman–Crippen LogP) is 3.77. The zero-order valence-electron chi connectivity index (χ0n) is 12.0. The number of rotatable bonds is 5. The average molecular weight is 370 g/mol. The van der Waals surface area contributed by atoms with Crippen molar-refractivity contribution in [3.05, 3.63) is 28.2 Å². The Morgan fingerprint density at radius 3 is 2.71 bits per heavy atom. The molecule has 0 aliphatic carbocycles. The lowest BCUT2D eigenvalue weighted by atomic mass is 10.1. The van der Waals surface area contributed by atoms with E-state index in [1.54, 1.807) is 0 Å². The van der Waals surface area contributed by atoms with Gasteiger partial charge in [-0.05, 0) is 44.5 Å². The maximum Gasteiger partial charge on any atom is 0.313 e. The van der Waals surface area contributed by atoms with Crippen molar-refractivity contribution < 1.29 is 9.90 Å². The summed E-state index contributed by atoms with van der Waals surface area (Å²) in [6, 6.07) is 6.13. The number of aryl methyl sites for hydroxylation is 1. The van der Waals surface area contributed by atoms with Crippen LogP contribution in [0, 0.1) is 6.92 Å². The van der Waals surface area contributed by atoms with Crippen molar-refractivity contribution in [3.8, 4) is 11.4 Å². The molecule has 0 saturated heterocycles. The van der Waals surface area contributed by atoms with Crippen LogP contribution in [0.3, 0.4) is 0 Å². The normalized spacial score (nSPS) is 11.1. The van der Waals surface area contributed by atoms with Gasteiger partial charge in [-0.1, -0.05) is 27.7 Å². The van der Waals surface area contributed by atoms with Gasteiger partial charge in [0.2, 0.25) is 0 Å². The van der Waals surface area contributed by atoms with Crippen LogP contribution in [0.4, 0.5) is 0 Å². The SMILES string of the molecule is Cc1cc(Br)ccc1-c1nnc(SCC(=O)O)n1C(C)C. The van der Waals surface area contributed by atoms with E-state index in [1.165, 1.54) is 11.8 Å². The van der Waals surface area contributed by atoms with Crippen LogP contribution in [0.15, 0.2) is 27.8 Å². The third-order valence-electron chi connectivity index (χ3n) is 2.94. The third kappa shape index (κ3) is 3.65. The van der Waals surface area contributed by atoms with E-state index in [1.807, 2.05) is 43.5 Å². The number of hydrogen-bond donors (Lipinski definition) is 1. The first-order valence-corrected chi connectivity index (χ1v) is 8.24. The number of carboxylic acid groups (broad SMARTS) is 1. The lowest BCUT2D eigenvalue weighted by Gasteiger charge is -2.14. The maximum atomic E-state index is 10.7. The van der Waals surface area contributed by atoms with Gasteiger partial charge in [0.1, 0.15) is 0 Å². The van der Waals surface area contributed by atoms with Gasteiger partial charge >= 0.3 is 5.97 Å². The number of nitrogens with zero attached hydrogens (tertiary/aromatic N) is 3. The minimum Gasteiger partial charge on any atom is -0.481 e. The summed E-state index contributed by atoms with van der Waals surface area (Å²) in [7, 11) is 0. The average Bonchev–Trinajstić information content (AvgIpc) is 2.80. The summed E-state index contributed by atoms with van der Waals surface area (Å²) in [5.41, 5.74) is 2.09. The van der Waals surface area contributed by atoms with E-state index in [0.29, 0.717) is 5.16 Å². The van der Waals surface area contributed by atoms with E-state index in [9.17, 15) is 4.79 Å². The molecule has 1 heterocycles. The first-order valence-electron chi connectivity index (χ1n) is 6.46. The van der Waals surface area contributed by atoms with Crippen LogP contribution in [0.25, 0.3) is 11.4 Å². The fraction of sp³-hybridized carbons (Fsp3) is 0.357. The van der Waals surface area contributed by atoms with Gasteiger partial charge in [0, 0.05) is 16.1 Å². The fourth-order valence-corrected chi connectivity index (χ4v) is 3.29. The summed E-state index contributed by atoms with van der Waals surface area (Å²) in [5, 5.41) is 17.9. The standard InChI is InChI=1S/C14H16BrN3O2S/c1-8(2)18-13(11-5-4-10(15)6-9(11)3)16-17-14(18)21-7-12(19)20/h4-6,8H,7H2,1-3H3,(H,19,20). The number of aliphatic carboxylic acids is 1. The molecule has 0 aliphatic heterocycles. The number of carboxylic acids is 1. The lowest BCUT2D eigenvalue weighted by molar-refractivity contribution is -0.133. The van der Waals surface area contributed by atoms with Crippen molar-refractivity contribution in [1.82, 2.24) is 14.8 Å². The molecule has 0 aliphatic rings. The quantitative estimate of drug-likeness (QED) is 0.812. The molecule has 0 unspecified atom stereocenters. The molecule has 5 nitrogen and oxygen atoms in total. The Morgan fingerprint density at radius 1 is 1.43 bits per heavy atom. The Morgan fingerprint density at radius 2 is 2.14 bits per heavy atom. The smallest absolute Gasteiger partial charge is 0.313 e. The van der Waals surface area contributed by atoms with Gasteiger partial charge in [-0.3, -0.25) is 9.36 Å². The minimum absolute atomic E-state index is 0.0236. The summed E-state index contributed by atoms with van der Waals surface area (Å²) in [4.78, 5) is 10.7. The molecule has 0 spiro atoms. The molecule has 2 rings (SSSR count). The van der Waals surface area contributed by atoms with Crippen molar-refractivity contribution in [2.24, 2.45) is 0 Å². The number of benzene rings is 1. The molecule has 2 aromatic rings. The monoisotopic (exact) mass is 369 g/mol. The second kappa shape index (κ2) is 6.62. The van der Waals surface area contributed by atoms with Crippen molar-refractivity contribution >= 4 is 33.7 Å². The first-order chi connectivity index (χ1) is 9.90. The molecule has 1 aromatic heterocycles. The van der Waals surface area contributed by atoms with E-state index in [-0.39, 0.29) is 11.8 Å². The summed E-state index contributed by atoms with van der Waals surface area (Å²) in [6.07, 6.45) is 0. The van der Waals surface area contributed by atoms with E-state index in [0.717, 1.165) is 21.4 Å². The number of thioether (sulfide) groups is 1. The summed E-state index contributed by atoms with van der Waals surface area (Å²) < 4.78 is 2.99. The molecule has 0 fully saturated rings. The summed E-state index contributed by atoms with van der Waals surface area (Å²) in [6.45, 7) is 6.08. The molecule has 0 atom stereocenters. The highest BCUT2D eigenvalue weighted by Crippen LogP contribution is 2.30. The van der Waals surface area contributed by atoms with Gasteiger partial charge in [0.15, 0.2) is 11.0 Å². The Labute approximate surface area is 135 Å². The van der Waals surface area contributed by atoms with Crippen LogP contribution in [0.2, 0.25) is 0 Å². The van der Waals surface area contributed by atoms with Crippen LogP contribution in [-0.4, -0.2) is 31.6 Å². The van der Waals surface area contributed by atoms with Crippen molar-refractivity contribution in [2.45, 2.75) is 32.0 Å². The first kappa shape index (κ1) is 16.0. The number of halogens is 1. The zero-order chi connectivity index (χ0) is 15.6. The van der Waals surface area contributed by atoms with Crippen LogP contribution in [0.1, 0.15) is 25.5 Å². The molecular formula is C14H16BrN3O2S. The van der Waals surface area contributed by atoms with Crippen molar-refractivity contribution in [1.29, 1.82) is 0 Å². The number of hydrogen-bond acceptors (Lipinski definition) is 4. The van der Waals surface area contributed by atoms with Gasteiger partial charge < -0.3 is 5.11 Å². The molecule has 0 bridgehead atoms. The van der Waals surface area contributed by atoms with Crippen LogP contribution in [-0.2, 0) is 4.79 Å². The minimum atomic E-state index is -0.861. The molecule has 1 aromatic carbocycles. The number of carbonyl (C=O) groups is 1. The Balaban J connectivity index is 2.46. The number of aromatic nitrogens is 3. The second-order valence-corrected chi connectivity index (χ2v) is 6.77. The van der Waals surface area contributed by atoms with E-state index < -0.39 is 5.97 Å². The van der Waals surface area contributed by atoms with Crippen molar-refractivity contribution in [2.75, 3.05) is 5.75 Å². The fourth-order valence-electron chi connectivity index (χ4n) is 2.03. The van der Waals surface area contributed by atoms with Crippen molar-refractivity contribution in [3.63, 3.8) is 0 Å². The Kier molecular flexibility index (Phi) is 5.05. The highest BCUT2D eigenvalue weighted by Gasteiger charge is 2.18. The van der Waals surface area contributed by atoms with Gasteiger partial charge in [0.05, 0.1) is 5.75 Å². The molecular weight excluding hydrogens is 354 g/mol. The van der Waals surface area contributed by atoms with Crippen LogP contribution < -0.4 is 0 Å². The van der Waals surface area contributed by atoms with Gasteiger partial charge in [-0.15, -0.1) is 10.2 Å². The molecule has 0 amide bonds. The van der Waals surface area contributed by atoms with E-state index >= 15 is 0 Å². The van der Waals surface area contributed by atoms with E-state index in [4.69, 9.17) is 5.11 Å². The zero-order valence-corrected chi connectivity index (χ0v) is 14.4. The molecule has 112 valence electrons. The van der Waals surface area contributed by atoms with Gasteiger partial charge in [0.25, 0.3) is 0 Å². The van der Waals surface area contributed by atoms with Gasteiger partial charge in [-0.2, -0.15) is 0 Å². The maximum absolute atomic E-state index is 10.7. The predicted molar refractivity (Wildman–Crippen MR) is 86.6 cm³/mol. The molecule has 1 N–H and O–H groups in total.